The molecule has 2 atom stereocenters. The van der Waals surface area contributed by atoms with Crippen molar-refractivity contribution in [1.82, 2.24) is 5.32 Å². The second-order valence-electron chi connectivity index (χ2n) is 5.40. The van der Waals surface area contributed by atoms with Gasteiger partial charge in [-0.15, -0.1) is 0 Å². The first-order chi connectivity index (χ1) is 10.2. The molecule has 0 amide bonds. The van der Waals surface area contributed by atoms with E-state index in [1.165, 1.54) is 12.1 Å². The molecule has 0 aromatic heterocycles. The number of hydrogen-bond acceptors (Lipinski definition) is 1. The van der Waals surface area contributed by atoms with E-state index in [9.17, 15) is 4.39 Å². The van der Waals surface area contributed by atoms with Crippen LogP contribution in [0.15, 0.2) is 42.5 Å². The lowest BCUT2D eigenvalue weighted by atomic mass is 9.77. The first kappa shape index (κ1) is 14.8. The first-order valence-corrected chi connectivity index (χ1v) is 7.82. The van der Waals surface area contributed by atoms with Crippen molar-refractivity contribution in [3.8, 4) is 0 Å². The van der Waals surface area contributed by atoms with Gasteiger partial charge in [-0.2, -0.15) is 0 Å². The molecule has 0 saturated carbocycles. The normalized spacial score (nSPS) is 22.2. The van der Waals surface area contributed by atoms with Gasteiger partial charge in [-0.25, -0.2) is 4.39 Å². The lowest BCUT2D eigenvalue weighted by Gasteiger charge is -2.33. The molecular formula is C17H16Cl2FN. The number of piperidine rings is 1. The number of nitrogens with one attached hydrogen (secondary N) is 1. The summed E-state index contributed by atoms with van der Waals surface area (Å²) in [4.78, 5) is 0. The molecule has 0 aliphatic carbocycles. The minimum Gasteiger partial charge on any atom is -0.316 e. The van der Waals surface area contributed by atoms with Crippen LogP contribution >= 0.6 is 23.2 Å². The van der Waals surface area contributed by atoms with E-state index < -0.39 is 0 Å². The summed E-state index contributed by atoms with van der Waals surface area (Å²) in [5, 5.41) is 4.64. The fourth-order valence-corrected chi connectivity index (χ4v) is 3.55. The zero-order valence-corrected chi connectivity index (χ0v) is 13.0. The van der Waals surface area contributed by atoms with Crippen LogP contribution in [-0.4, -0.2) is 13.1 Å². The molecule has 110 valence electrons. The molecule has 2 aromatic rings. The molecule has 2 unspecified atom stereocenters. The highest BCUT2D eigenvalue weighted by Gasteiger charge is 2.29. The van der Waals surface area contributed by atoms with Crippen LogP contribution in [-0.2, 0) is 0 Å². The predicted molar refractivity (Wildman–Crippen MR) is 85.8 cm³/mol. The maximum Gasteiger partial charge on any atom is 0.123 e. The van der Waals surface area contributed by atoms with Crippen molar-refractivity contribution in [2.75, 3.05) is 13.1 Å². The Balaban J connectivity index is 1.98. The molecule has 0 radical (unpaired) electrons. The topological polar surface area (TPSA) is 12.0 Å². The fraction of sp³-hybridized carbons (Fsp3) is 0.294. The minimum atomic E-state index is -0.208. The van der Waals surface area contributed by atoms with Crippen LogP contribution in [0.3, 0.4) is 0 Å². The summed E-state index contributed by atoms with van der Waals surface area (Å²) in [6, 6.07) is 12.5. The zero-order valence-electron chi connectivity index (χ0n) is 11.5. The van der Waals surface area contributed by atoms with Crippen LogP contribution in [0.4, 0.5) is 4.39 Å². The van der Waals surface area contributed by atoms with Crippen molar-refractivity contribution in [3.63, 3.8) is 0 Å². The molecule has 1 nitrogen and oxygen atoms in total. The van der Waals surface area contributed by atoms with Gasteiger partial charge in [0, 0.05) is 12.5 Å². The molecular weight excluding hydrogens is 308 g/mol. The van der Waals surface area contributed by atoms with E-state index >= 15 is 0 Å². The molecule has 1 N–H and O–H groups in total. The molecule has 1 saturated heterocycles. The summed E-state index contributed by atoms with van der Waals surface area (Å²) in [5.74, 6) is 0.359. The van der Waals surface area contributed by atoms with E-state index in [1.807, 2.05) is 24.3 Å². The van der Waals surface area contributed by atoms with Crippen molar-refractivity contribution in [1.29, 1.82) is 0 Å². The highest BCUT2D eigenvalue weighted by Crippen LogP contribution is 2.41. The molecule has 4 heteroatoms. The monoisotopic (exact) mass is 323 g/mol. The van der Waals surface area contributed by atoms with Gasteiger partial charge in [0.25, 0.3) is 0 Å². The Hall–Kier alpha value is -1.09. The minimum absolute atomic E-state index is 0.208. The lowest BCUT2D eigenvalue weighted by Crippen LogP contribution is -2.34. The van der Waals surface area contributed by atoms with Crippen LogP contribution in [0, 0.1) is 5.82 Å². The summed E-state index contributed by atoms with van der Waals surface area (Å²) in [6.07, 6.45) is 0.988. The van der Waals surface area contributed by atoms with E-state index in [0.717, 1.165) is 30.6 Å². The third-order valence-corrected chi connectivity index (χ3v) is 4.99. The highest BCUT2D eigenvalue weighted by molar-refractivity contribution is 6.42. The molecule has 3 rings (SSSR count). The quantitative estimate of drug-likeness (QED) is 0.820. The molecule has 0 spiro atoms. The van der Waals surface area contributed by atoms with Gasteiger partial charge in [0.2, 0.25) is 0 Å². The molecule has 0 bridgehead atoms. The van der Waals surface area contributed by atoms with Crippen LogP contribution in [0.2, 0.25) is 10.0 Å². The standard InChI is InChI=1S/C17H16Cl2FN/c18-16-3-1-2-14(17(16)19)13-8-9-21-10-15(13)11-4-6-12(20)7-5-11/h1-7,13,15,21H,8-10H2. The smallest absolute Gasteiger partial charge is 0.123 e. The summed E-state index contributed by atoms with van der Waals surface area (Å²) >= 11 is 12.5. The van der Waals surface area contributed by atoms with Gasteiger partial charge >= 0.3 is 0 Å². The van der Waals surface area contributed by atoms with Crippen LogP contribution in [0.5, 0.6) is 0 Å². The maximum atomic E-state index is 13.1. The fourth-order valence-electron chi connectivity index (χ4n) is 3.10. The average molecular weight is 324 g/mol. The van der Waals surface area contributed by atoms with Gasteiger partial charge in [0.05, 0.1) is 10.0 Å². The van der Waals surface area contributed by atoms with Crippen molar-refractivity contribution in [3.05, 3.63) is 69.5 Å². The zero-order chi connectivity index (χ0) is 14.8. The second-order valence-corrected chi connectivity index (χ2v) is 6.19. The summed E-state index contributed by atoms with van der Waals surface area (Å²) in [7, 11) is 0. The summed E-state index contributed by atoms with van der Waals surface area (Å²) in [6.45, 7) is 1.81. The van der Waals surface area contributed by atoms with Crippen molar-refractivity contribution < 1.29 is 4.39 Å². The summed E-state index contributed by atoms with van der Waals surface area (Å²) < 4.78 is 13.1. The number of rotatable bonds is 2. The third kappa shape index (κ3) is 3.08. The molecule has 1 aliphatic heterocycles. The van der Waals surface area contributed by atoms with Gasteiger partial charge in [-0.3, -0.25) is 0 Å². The van der Waals surface area contributed by atoms with Gasteiger partial charge < -0.3 is 5.32 Å². The highest BCUT2D eigenvalue weighted by atomic mass is 35.5. The molecule has 1 heterocycles. The maximum absolute atomic E-state index is 13.1. The molecule has 2 aromatic carbocycles. The Morgan fingerprint density at radius 1 is 1.00 bits per heavy atom. The van der Waals surface area contributed by atoms with E-state index in [2.05, 4.69) is 5.32 Å². The van der Waals surface area contributed by atoms with Gasteiger partial charge in [0.1, 0.15) is 5.82 Å². The van der Waals surface area contributed by atoms with E-state index in [0.29, 0.717) is 16.0 Å². The Labute approximate surface area is 134 Å². The number of halogens is 3. The van der Waals surface area contributed by atoms with Crippen molar-refractivity contribution in [2.24, 2.45) is 0 Å². The number of hydrogen-bond donors (Lipinski definition) is 1. The van der Waals surface area contributed by atoms with E-state index in [4.69, 9.17) is 23.2 Å². The Kier molecular flexibility index (Phi) is 4.48. The SMILES string of the molecule is Fc1ccc(C2CNCCC2c2cccc(Cl)c2Cl)cc1. The average Bonchev–Trinajstić information content (AvgIpc) is 2.51. The lowest BCUT2D eigenvalue weighted by molar-refractivity contribution is 0.404. The van der Waals surface area contributed by atoms with Crippen LogP contribution < -0.4 is 5.32 Å². The molecule has 1 aliphatic rings. The third-order valence-electron chi connectivity index (χ3n) is 4.16. The van der Waals surface area contributed by atoms with Crippen LogP contribution in [0.1, 0.15) is 29.4 Å². The van der Waals surface area contributed by atoms with Crippen molar-refractivity contribution >= 4 is 23.2 Å². The van der Waals surface area contributed by atoms with Crippen LogP contribution in [0.25, 0.3) is 0 Å². The Bertz CT molecular complexity index is 627. The Morgan fingerprint density at radius 3 is 2.52 bits per heavy atom. The van der Waals surface area contributed by atoms with E-state index in [-0.39, 0.29) is 11.7 Å². The van der Waals surface area contributed by atoms with Gasteiger partial charge in [0.15, 0.2) is 0 Å². The van der Waals surface area contributed by atoms with Gasteiger partial charge in [-0.05, 0) is 48.2 Å². The first-order valence-electron chi connectivity index (χ1n) is 7.07. The van der Waals surface area contributed by atoms with E-state index in [1.54, 1.807) is 6.07 Å². The molecule has 1 fully saturated rings. The predicted octanol–water partition coefficient (Wildman–Crippen LogP) is 4.99. The Morgan fingerprint density at radius 2 is 1.76 bits per heavy atom. The largest absolute Gasteiger partial charge is 0.316 e. The molecule has 21 heavy (non-hydrogen) atoms. The van der Waals surface area contributed by atoms with Crippen molar-refractivity contribution in [2.45, 2.75) is 18.3 Å². The summed E-state index contributed by atoms with van der Waals surface area (Å²) in [5.41, 5.74) is 2.21. The van der Waals surface area contributed by atoms with Gasteiger partial charge in [-0.1, -0.05) is 47.5 Å². The second kappa shape index (κ2) is 6.35. The number of benzene rings is 2.